The maximum atomic E-state index is 12.5. The van der Waals surface area contributed by atoms with Crippen LogP contribution < -0.4 is 16.0 Å². The molecule has 23 heavy (non-hydrogen) atoms. The SMILES string of the molecule is C=CCNC(=O)c1c(I)c(NC)c(I)c(C(=O)NCC=C)c1I. The van der Waals surface area contributed by atoms with Gasteiger partial charge in [-0.15, -0.1) is 13.2 Å². The van der Waals surface area contributed by atoms with Gasteiger partial charge < -0.3 is 16.0 Å². The molecule has 0 aliphatic rings. The Labute approximate surface area is 176 Å². The number of hydrogen-bond donors (Lipinski definition) is 3. The van der Waals surface area contributed by atoms with Crippen molar-refractivity contribution in [1.29, 1.82) is 0 Å². The largest absolute Gasteiger partial charge is 0.386 e. The second-order valence-corrected chi connectivity index (χ2v) is 7.55. The van der Waals surface area contributed by atoms with E-state index in [-0.39, 0.29) is 11.8 Å². The normalized spacial score (nSPS) is 9.91. The second kappa shape index (κ2) is 9.81. The molecule has 0 atom stereocenters. The van der Waals surface area contributed by atoms with Gasteiger partial charge in [-0.25, -0.2) is 0 Å². The van der Waals surface area contributed by atoms with Gasteiger partial charge in [-0.3, -0.25) is 9.59 Å². The van der Waals surface area contributed by atoms with E-state index < -0.39 is 0 Å². The highest BCUT2D eigenvalue weighted by atomic mass is 127. The number of rotatable bonds is 7. The molecule has 0 bridgehead atoms. The van der Waals surface area contributed by atoms with Gasteiger partial charge in [0, 0.05) is 23.7 Å². The first kappa shape index (κ1) is 20.7. The summed E-state index contributed by atoms with van der Waals surface area (Å²) in [5.74, 6) is -0.464. The summed E-state index contributed by atoms with van der Waals surface area (Å²) in [5.41, 5.74) is 1.74. The van der Waals surface area contributed by atoms with Crippen LogP contribution in [0.1, 0.15) is 20.7 Å². The van der Waals surface area contributed by atoms with Crippen LogP contribution in [0.25, 0.3) is 0 Å². The van der Waals surface area contributed by atoms with Crippen molar-refractivity contribution in [3.8, 4) is 0 Å². The molecule has 0 unspecified atom stereocenters. The Hall–Kier alpha value is -0.370. The summed E-state index contributed by atoms with van der Waals surface area (Å²) in [4.78, 5) is 24.9. The lowest BCUT2D eigenvalue weighted by atomic mass is 10.1. The minimum absolute atomic E-state index is 0.232. The molecule has 1 aromatic carbocycles. The van der Waals surface area contributed by atoms with Gasteiger partial charge in [0.25, 0.3) is 11.8 Å². The molecule has 0 heterocycles. The van der Waals surface area contributed by atoms with E-state index in [1.54, 1.807) is 19.2 Å². The molecule has 0 spiro atoms. The summed E-state index contributed by atoms with van der Waals surface area (Å²) in [6, 6.07) is 0. The van der Waals surface area contributed by atoms with Crippen LogP contribution in [0.4, 0.5) is 5.69 Å². The van der Waals surface area contributed by atoms with Gasteiger partial charge >= 0.3 is 0 Å². The fourth-order valence-electron chi connectivity index (χ4n) is 1.79. The lowest BCUT2D eigenvalue weighted by molar-refractivity contribution is 0.0956. The van der Waals surface area contributed by atoms with E-state index in [9.17, 15) is 9.59 Å². The molecule has 0 aliphatic heterocycles. The third-order valence-corrected chi connectivity index (χ3v) is 6.07. The Balaban J connectivity index is 3.52. The average molecular weight is 651 g/mol. The molecular formula is C15H16I3N3O2. The first-order chi connectivity index (χ1) is 10.9. The van der Waals surface area contributed by atoms with Crippen LogP contribution in [-0.4, -0.2) is 32.0 Å². The fraction of sp³-hybridized carbons (Fsp3) is 0.200. The molecule has 0 aromatic heterocycles. The Morgan fingerprint density at radius 3 is 1.61 bits per heavy atom. The molecule has 5 nitrogen and oxygen atoms in total. The molecule has 3 N–H and O–H groups in total. The van der Waals surface area contributed by atoms with Crippen LogP contribution in [-0.2, 0) is 0 Å². The number of anilines is 1. The zero-order chi connectivity index (χ0) is 17.6. The van der Waals surface area contributed by atoms with Gasteiger partial charge in [0.05, 0.1) is 24.0 Å². The Bertz CT molecular complexity index is 609. The van der Waals surface area contributed by atoms with Crippen molar-refractivity contribution in [2.75, 3.05) is 25.5 Å². The van der Waals surface area contributed by atoms with Gasteiger partial charge in [0.1, 0.15) is 0 Å². The van der Waals surface area contributed by atoms with E-state index in [4.69, 9.17) is 0 Å². The zero-order valence-electron chi connectivity index (χ0n) is 12.4. The highest BCUT2D eigenvalue weighted by Gasteiger charge is 2.26. The van der Waals surface area contributed by atoms with Gasteiger partial charge in [0.2, 0.25) is 0 Å². The zero-order valence-corrected chi connectivity index (χ0v) is 18.9. The van der Waals surface area contributed by atoms with Gasteiger partial charge in [-0.05, 0) is 67.8 Å². The summed E-state index contributed by atoms with van der Waals surface area (Å²) >= 11 is 6.29. The molecule has 0 radical (unpaired) electrons. The van der Waals surface area contributed by atoms with E-state index in [1.165, 1.54) is 0 Å². The number of halogens is 3. The summed E-state index contributed by atoms with van der Waals surface area (Å²) in [7, 11) is 1.77. The molecule has 0 aliphatic carbocycles. The first-order valence-electron chi connectivity index (χ1n) is 6.57. The van der Waals surface area contributed by atoms with E-state index in [0.717, 1.165) is 12.8 Å². The minimum atomic E-state index is -0.232. The lowest BCUT2D eigenvalue weighted by Gasteiger charge is -2.18. The number of benzene rings is 1. The van der Waals surface area contributed by atoms with Crippen molar-refractivity contribution < 1.29 is 9.59 Å². The van der Waals surface area contributed by atoms with E-state index in [2.05, 4.69) is 74.3 Å². The van der Waals surface area contributed by atoms with Crippen molar-refractivity contribution in [3.63, 3.8) is 0 Å². The van der Waals surface area contributed by atoms with Crippen molar-refractivity contribution in [2.45, 2.75) is 0 Å². The fourth-order valence-corrected chi connectivity index (χ4v) is 6.47. The van der Waals surface area contributed by atoms with Gasteiger partial charge in [-0.1, -0.05) is 12.2 Å². The summed E-state index contributed by atoms with van der Waals surface area (Å²) in [6.45, 7) is 7.92. The summed E-state index contributed by atoms with van der Waals surface area (Å²) in [5, 5.41) is 8.61. The molecular weight excluding hydrogens is 635 g/mol. The van der Waals surface area contributed by atoms with E-state index >= 15 is 0 Å². The molecule has 1 rings (SSSR count). The number of hydrogen-bond acceptors (Lipinski definition) is 3. The van der Waals surface area contributed by atoms with Crippen molar-refractivity contribution in [1.82, 2.24) is 10.6 Å². The third kappa shape index (κ3) is 4.81. The maximum Gasteiger partial charge on any atom is 0.253 e. The van der Waals surface area contributed by atoms with Crippen molar-refractivity contribution in [3.05, 3.63) is 47.1 Å². The topological polar surface area (TPSA) is 70.2 Å². The number of nitrogens with one attached hydrogen (secondary N) is 3. The lowest BCUT2D eigenvalue weighted by Crippen LogP contribution is -2.30. The molecule has 1 aromatic rings. The smallest absolute Gasteiger partial charge is 0.253 e. The van der Waals surface area contributed by atoms with Crippen LogP contribution in [0.5, 0.6) is 0 Å². The Morgan fingerprint density at radius 1 is 0.913 bits per heavy atom. The maximum absolute atomic E-state index is 12.5. The highest BCUT2D eigenvalue weighted by Crippen LogP contribution is 2.35. The van der Waals surface area contributed by atoms with E-state index in [1.807, 2.05) is 22.6 Å². The Kier molecular flexibility index (Phi) is 8.82. The van der Waals surface area contributed by atoms with Crippen LogP contribution in [0.3, 0.4) is 0 Å². The molecule has 0 saturated carbocycles. The Morgan fingerprint density at radius 2 is 1.30 bits per heavy atom. The average Bonchev–Trinajstić information content (AvgIpc) is 2.51. The van der Waals surface area contributed by atoms with Crippen molar-refractivity contribution >= 4 is 85.3 Å². The monoisotopic (exact) mass is 651 g/mol. The number of carbonyl (C=O) groups is 2. The molecule has 0 fully saturated rings. The van der Waals surface area contributed by atoms with Crippen LogP contribution in [0.15, 0.2) is 25.3 Å². The van der Waals surface area contributed by atoms with Gasteiger partial charge in [-0.2, -0.15) is 0 Å². The molecule has 8 heteroatoms. The predicted molar refractivity (Wildman–Crippen MR) is 119 cm³/mol. The molecule has 124 valence electrons. The van der Waals surface area contributed by atoms with Crippen LogP contribution >= 0.6 is 67.8 Å². The third-order valence-electron chi connectivity index (χ3n) is 2.83. The first-order valence-corrected chi connectivity index (χ1v) is 9.80. The summed E-state index contributed by atoms with van der Waals surface area (Å²) < 4.78 is 2.18. The second-order valence-electron chi connectivity index (χ2n) is 4.31. The highest BCUT2D eigenvalue weighted by molar-refractivity contribution is 14.1. The quantitative estimate of drug-likeness (QED) is 0.313. The standard InChI is InChI=1S/C15H16I3N3O2/c1-4-6-20-14(22)8-10(16)9(15(23)21-7-5-2)12(18)13(19-3)11(8)17/h4-5,19H,1-2,6-7H2,3H3,(H,20,22)(H,21,23). The van der Waals surface area contributed by atoms with E-state index in [0.29, 0.717) is 27.8 Å². The van der Waals surface area contributed by atoms with Gasteiger partial charge in [0.15, 0.2) is 0 Å². The molecule has 2 amide bonds. The van der Waals surface area contributed by atoms with Crippen LogP contribution in [0, 0.1) is 10.7 Å². The van der Waals surface area contributed by atoms with Crippen molar-refractivity contribution in [2.24, 2.45) is 0 Å². The predicted octanol–water partition coefficient (Wildman–Crippen LogP) is 3.37. The van der Waals surface area contributed by atoms with Crippen LogP contribution in [0.2, 0.25) is 0 Å². The summed E-state index contributed by atoms with van der Waals surface area (Å²) in [6.07, 6.45) is 3.22. The number of carbonyl (C=O) groups excluding carboxylic acids is 2. The molecule has 0 saturated heterocycles. The minimum Gasteiger partial charge on any atom is -0.386 e. The number of amides is 2.